The Hall–Kier alpha value is -1.35. The molecule has 3 N–H and O–H groups in total. The Bertz CT molecular complexity index is 746. The number of nitrogens with two attached hydrogens (primary N) is 1. The van der Waals surface area contributed by atoms with Gasteiger partial charge in [-0.05, 0) is 31.0 Å². The number of carbonyl (C=O) groups excluding carboxylic acids is 2. The third kappa shape index (κ3) is 4.60. The second-order valence-electron chi connectivity index (χ2n) is 5.46. The number of amides is 2. The summed E-state index contributed by atoms with van der Waals surface area (Å²) in [6.45, 7) is 0.338. The minimum absolute atomic E-state index is 0.0154. The van der Waals surface area contributed by atoms with Gasteiger partial charge in [0.25, 0.3) is 0 Å². The van der Waals surface area contributed by atoms with Crippen molar-refractivity contribution in [1.29, 1.82) is 0 Å². The van der Waals surface area contributed by atoms with Crippen LogP contribution in [0.5, 0.6) is 0 Å². The zero-order chi connectivity index (χ0) is 17.9. The van der Waals surface area contributed by atoms with Gasteiger partial charge in [0.2, 0.25) is 21.8 Å². The molecule has 0 saturated carbocycles. The van der Waals surface area contributed by atoms with Crippen molar-refractivity contribution in [2.24, 2.45) is 11.7 Å². The van der Waals surface area contributed by atoms with E-state index in [1.807, 2.05) is 0 Å². The van der Waals surface area contributed by atoms with Crippen molar-refractivity contribution in [3.8, 4) is 0 Å². The molecule has 1 heterocycles. The molecule has 132 valence electrons. The number of primary amides is 1. The van der Waals surface area contributed by atoms with E-state index in [1.54, 1.807) is 0 Å². The smallest absolute Gasteiger partial charge is 0.242 e. The van der Waals surface area contributed by atoms with E-state index < -0.39 is 16.6 Å². The molecule has 1 aliphatic heterocycles. The number of nitrogens with one attached hydrogen (secondary N) is 1. The van der Waals surface area contributed by atoms with Crippen molar-refractivity contribution in [2.75, 3.05) is 19.6 Å². The molecule has 0 atom stereocenters. The second kappa shape index (κ2) is 7.69. The quantitative estimate of drug-likeness (QED) is 0.776. The normalized spacial score (nSPS) is 16.2. The van der Waals surface area contributed by atoms with Crippen LogP contribution in [0.1, 0.15) is 12.8 Å². The van der Waals surface area contributed by atoms with E-state index in [0.29, 0.717) is 25.9 Å². The number of carbonyl (C=O) groups is 2. The first kappa shape index (κ1) is 19.0. The number of benzene rings is 1. The number of halogens is 2. The molecule has 1 fully saturated rings. The molecule has 2 rings (SSSR count). The molecule has 0 aromatic heterocycles. The number of hydrogen-bond donors (Lipinski definition) is 2. The summed E-state index contributed by atoms with van der Waals surface area (Å²) in [7, 11) is -3.96. The molecule has 0 radical (unpaired) electrons. The van der Waals surface area contributed by atoms with Crippen LogP contribution >= 0.6 is 23.2 Å². The number of likely N-dealkylation sites (tertiary alicyclic amines) is 1. The molecule has 1 aliphatic rings. The second-order valence-corrected chi connectivity index (χ2v) is 8.04. The fraction of sp³-hybridized carbons (Fsp3) is 0.429. The van der Waals surface area contributed by atoms with Crippen LogP contribution < -0.4 is 10.5 Å². The monoisotopic (exact) mass is 393 g/mol. The third-order valence-corrected chi connectivity index (χ3v) is 5.96. The van der Waals surface area contributed by atoms with E-state index in [1.165, 1.54) is 23.1 Å². The summed E-state index contributed by atoms with van der Waals surface area (Å²) in [5, 5.41) is 0.237. The molecular formula is C14H17Cl2N3O4S. The van der Waals surface area contributed by atoms with E-state index in [2.05, 4.69) is 4.72 Å². The molecule has 7 nitrogen and oxygen atoms in total. The highest BCUT2D eigenvalue weighted by atomic mass is 35.5. The molecule has 10 heteroatoms. The van der Waals surface area contributed by atoms with Crippen molar-refractivity contribution >= 4 is 45.0 Å². The number of hydrogen-bond acceptors (Lipinski definition) is 4. The van der Waals surface area contributed by atoms with Crippen LogP contribution in [0, 0.1) is 5.92 Å². The first-order chi connectivity index (χ1) is 11.2. The standard InChI is InChI=1S/C14H17Cl2N3O4S/c15-10-1-2-11(16)12(7-10)24(22,23)18-8-13(20)19-5-3-9(4-6-19)14(17)21/h1-2,7,9,18H,3-6,8H2,(H2,17,21). The number of sulfonamides is 1. The van der Waals surface area contributed by atoms with Crippen LogP contribution in [0.15, 0.2) is 23.1 Å². The fourth-order valence-corrected chi connectivity index (χ4v) is 4.18. The predicted molar refractivity (Wildman–Crippen MR) is 90.1 cm³/mol. The van der Waals surface area contributed by atoms with Gasteiger partial charge < -0.3 is 10.6 Å². The largest absolute Gasteiger partial charge is 0.369 e. The van der Waals surface area contributed by atoms with E-state index in [0.717, 1.165) is 0 Å². The van der Waals surface area contributed by atoms with E-state index in [9.17, 15) is 18.0 Å². The molecule has 2 amide bonds. The van der Waals surface area contributed by atoms with E-state index >= 15 is 0 Å². The maximum Gasteiger partial charge on any atom is 0.242 e. The van der Waals surface area contributed by atoms with Gasteiger partial charge in [0.15, 0.2) is 0 Å². The highest BCUT2D eigenvalue weighted by Crippen LogP contribution is 2.24. The van der Waals surface area contributed by atoms with Crippen molar-refractivity contribution in [2.45, 2.75) is 17.7 Å². The van der Waals surface area contributed by atoms with Crippen molar-refractivity contribution in [3.63, 3.8) is 0 Å². The zero-order valence-corrected chi connectivity index (χ0v) is 15.0. The number of rotatable bonds is 5. The Morgan fingerprint density at radius 1 is 1.25 bits per heavy atom. The molecule has 0 bridgehead atoms. The summed E-state index contributed by atoms with van der Waals surface area (Å²) in [6, 6.07) is 4.06. The first-order valence-corrected chi connectivity index (χ1v) is 9.46. The lowest BCUT2D eigenvalue weighted by Gasteiger charge is -2.30. The zero-order valence-electron chi connectivity index (χ0n) is 12.7. The van der Waals surface area contributed by atoms with Crippen LogP contribution in [0.2, 0.25) is 10.0 Å². The Morgan fingerprint density at radius 3 is 2.46 bits per heavy atom. The van der Waals surface area contributed by atoms with E-state index in [-0.39, 0.29) is 32.7 Å². The topological polar surface area (TPSA) is 110 Å². The summed E-state index contributed by atoms with van der Waals surface area (Å²) < 4.78 is 26.7. The summed E-state index contributed by atoms with van der Waals surface area (Å²) in [6.07, 6.45) is 0.960. The average Bonchev–Trinajstić information content (AvgIpc) is 2.55. The summed E-state index contributed by atoms with van der Waals surface area (Å²) >= 11 is 11.7. The van der Waals surface area contributed by atoms with Crippen molar-refractivity contribution < 1.29 is 18.0 Å². The average molecular weight is 394 g/mol. The first-order valence-electron chi connectivity index (χ1n) is 7.22. The van der Waals surface area contributed by atoms with Crippen LogP contribution in [-0.4, -0.2) is 44.8 Å². The van der Waals surface area contributed by atoms with Crippen LogP contribution in [0.3, 0.4) is 0 Å². The lowest BCUT2D eigenvalue weighted by molar-refractivity contribution is -0.133. The molecule has 24 heavy (non-hydrogen) atoms. The predicted octanol–water partition coefficient (Wildman–Crippen LogP) is 0.996. The number of nitrogens with zero attached hydrogens (tertiary/aromatic N) is 1. The van der Waals surface area contributed by atoms with Gasteiger partial charge in [-0.2, -0.15) is 0 Å². The fourth-order valence-electron chi connectivity index (χ4n) is 2.44. The van der Waals surface area contributed by atoms with Crippen LogP contribution in [-0.2, 0) is 19.6 Å². The third-order valence-electron chi connectivity index (χ3n) is 3.85. The lowest BCUT2D eigenvalue weighted by atomic mass is 9.96. The molecule has 0 spiro atoms. The van der Waals surface area contributed by atoms with Gasteiger partial charge in [-0.3, -0.25) is 9.59 Å². The van der Waals surface area contributed by atoms with Gasteiger partial charge in [0.05, 0.1) is 11.6 Å². The van der Waals surface area contributed by atoms with Gasteiger partial charge in [-0.1, -0.05) is 23.2 Å². The van der Waals surface area contributed by atoms with Gasteiger partial charge in [-0.15, -0.1) is 0 Å². The lowest BCUT2D eigenvalue weighted by Crippen LogP contribution is -2.45. The van der Waals surface area contributed by atoms with E-state index in [4.69, 9.17) is 28.9 Å². The number of piperidine rings is 1. The molecule has 1 aromatic carbocycles. The minimum Gasteiger partial charge on any atom is -0.369 e. The molecule has 0 unspecified atom stereocenters. The van der Waals surface area contributed by atoms with Crippen molar-refractivity contribution in [1.82, 2.24) is 9.62 Å². The maximum absolute atomic E-state index is 12.2. The van der Waals surface area contributed by atoms with Crippen LogP contribution in [0.4, 0.5) is 0 Å². The Labute approximate surface area is 150 Å². The maximum atomic E-state index is 12.2. The highest BCUT2D eigenvalue weighted by molar-refractivity contribution is 7.89. The Kier molecular flexibility index (Phi) is 6.08. The van der Waals surface area contributed by atoms with Gasteiger partial charge >= 0.3 is 0 Å². The highest BCUT2D eigenvalue weighted by Gasteiger charge is 2.27. The summed E-state index contributed by atoms with van der Waals surface area (Å²) in [5.41, 5.74) is 5.24. The Morgan fingerprint density at radius 2 is 1.88 bits per heavy atom. The van der Waals surface area contributed by atoms with Gasteiger partial charge in [0, 0.05) is 24.0 Å². The molecular weight excluding hydrogens is 377 g/mol. The van der Waals surface area contributed by atoms with Gasteiger partial charge in [0.1, 0.15) is 4.90 Å². The Balaban J connectivity index is 1.96. The molecule has 0 aliphatic carbocycles. The summed E-state index contributed by atoms with van der Waals surface area (Å²) in [5.74, 6) is -0.992. The van der Waals surface area contributed by atoms with Crippen LogP contribution in [0.25, 0.3) is 0 Å². The molecule has 1 aromatic rings. The minimum atomic E-state index is -3.96. The SMILES string of the molecule is NC(=O)C1CCN(C(=O)CNS(=O)(=O)c2cc(Cl)ccc2Cl)CC1. The summed E-state index contributed by atoms with van der Waals surface area (Å²) in [4.78, 5) is 24.6. The molecule has 1 saturated heterocycles. The van der Waals surface area contributed by atoms with Gasteiger partial charge in [-0.25, -0.2) is 13.1 Å². The van der Waals surface area contributed by atoms with Crippen molar-refractivity contribution in [3.05, 3.63) is 28.2 Å².